The summed E-state index contributed by atoms with van der Waals surface area (Å²) in [6, 6.07) is 9.04. The summed E-state index contributed by atoms with van der Waals surface area (Å²) >= 11 is 12.2. The number of aryl methyl sites for hydroxylation is 2. The lowest BCUT2D eigenvalue weighted by molar-refractivity contribution is -0.115. The van der Waals surface area contributed by atoms with Crippen molar-refractivity contribution >= 4 is 40.4 Å². The van der Waals surface area contributed by atoms with E-state index in [1.807, 2.05) is 36.6 Å². The summed E-state index contributed by atoms with van der Waals surface area (Å²) in [7, 11) is 0. The highest BCUT2D eigenvalue weighted by Crippen LogP contribution is 2.30. The van der Waals surface area contributed by atoms with Gasteiger partial charge in [0.05, 0.1) is 33.5 Å². The van der Waals surface area contributed by atoms with Gasteiger partial charge in [0.25, 0.3) is 0 Å². The van der Waals surface area contributed by atoms with Crippen molar-refractivity contribution in [3.63, 3.8) is 0 Å². The standard InChI is InChI=1S/C17H15Cl2N3O/c1-10-5-4-8-22-14(11(2)20-17(10)22)9-15(23)21-16-12(18)6-3-7-13(16)19/h3-8H,9H2,1-2H3,(H,21,23). The first-order valence-electron chi connectivity index (χ1n) is 7.14. The smallest absolute Gasteiger partial charge is 0.230 e. The van der Waals surface area contributed by atoms with Gasteiger partial charge in [-0.05, 0) is 37.6 Å². The lowest BCUT2D eigenvalue weighted by atomic mass is 10.2. The Bertz CT molecular complexity index is 882. The van der Waals surface area contributed by atoms with Crippen LogP contribution >= 0.6 is 23.2 Å². The van der Waals surface area contributed by atoms with Crippen molar-refractivity contribution in [3.8, 4) is 0 Å². The van der Waals surface area contributed by atoms with Crippen LogP contribution in [-0.4, -0.2) is 15.3 Å². The highest BCUT2D eigenvalue weighted by Gasteiger charge is 2.15. The SMILES string of the molecule is Cc1nc2c(C)cccn2c1CC(=O)Nc1c(Cl)cccc1Cl. The molecule has 0 unspecified atom stereocenters. The summed E-state index contributed by atoms with van der Waals surface area (Å²) in [4.78, 5) is 16.9. The Hall–Kier alpha value is -2.04. The molecule has 23 heavy (non-hydrogen) atoms. The van der Waals surface area contributed by atoms with Crippen molar-refractivity contribution in [3.05, 3.63) is 63.5 Å². The minimum atomic E-state index is -0.189. The number of imidazole rings is 1. The summed E-state index contributed by atoms with van der Waals surface area (Å²) in [5.74, 6) is -0.189. The molecule has 3 rings (SSSR count). The summed E-state index contributed by atoms with van der Waals surface area (Å²) in [6.45, 7) is 3.90. The maximum absolute atomic E-state index is 12.4. The first kappa shape index (κ1) is 15.8. The molecule has 0 saturated heterocycles. The molecule has 118 valence electrons. The van der Waals surface area contributed by atoms with E-state index in [0.717, 1.165) is 22.6 Å². The van der Waals surface area contributed by atoms with Gasteiger partial charge in [-0.1, -0.05) is 35.3 Å². The van der Waals surface area contributed by atoms with Crippen LogP contribution in [0.15, 0.2) is 36.5 Å². The number of nitrogens with zero attached hydrogens (tertiary/aromatic N) is 2. The quantitative estimate of drug-likeness (QED) is 0.761. The molecule has 0 aliphatic carbocycles. The molecule has 3 aromatic rings. The number of hydrogen-bond donors (Lipinski definition) is 1. The van der Waals surface area contributed by atoms with Crippen LogP contribution in [0.2, 0.25) is 10.0 Å². The Morgan fingerprint density at radius 3 is 2.57 bits per heavy atom. The molecule has 0 atom stereocenters. The Balaban J connectivity index is 1.89. The second kappa shape index (κ2) is 6.22. The Morgan fingerprint density at radius 2 is 1.87 bits per heavy atom. The number of benzene rings is 1. The van der Waals surface area contributed by atoms with Crippen LogP contribution in [0.25, 0.3) is 5.65 Å². The van der Waals surface area contributed by atoms with Crippen molar-refractivity contribution in [2.24, 2.45) is 0 Å². The Labute approximate surface area is 144 Å². The molecular weight excluding hydrogens is 333 g/mol. The number of carbonyl (C=O) groups excluding carboxylic acids is 1. The van der Waals surface area contributed by atoms with Crippen LogP contribution < -0.4 is 5.32 Å². The maximum atomic E-state index is 12.4. The predicted octanol–water partition coefficient (Wildman–Crippen LogP) is 4.44. The second-order valence-corrected chi connectivity index (χ2v) is 6.16. The van der Waals surface area contributed by atoms with Gasteiger partial charge in [0.2, 0.25) is 5.91 Å². The van der Waals surface area contributed by atoms with E-state index in [1.54, 1.807) is 18.2 Å². The number of amides is 1. The van der Waals surface area contributed by atoms with Crippen LogP contribution in [0.1, 0.15) is 17.0 Å². The first-order chi connectivity index (χ1) is 11.0. The van der Waals surface area contributed by atoms with Crippen LogP contribution in [0.3, 0.4) is 0 Å². The molecule has 0 spiro atoms. The zero-order valence-electron chi connectivity index (χ0n) is 12.7. The number of aromatic nitrogens is 2. The Morgan fingerprint density at radius 1 is 1.17 bits per heavy atom. The van der Waals surface area contributed by atoms with Crippen molar-refractivity contribution in [1.29, 1.82) is 0 Å². The van der Waals surface area contributed by atoms with Gasteiger partial charge in [0.1, 0.15) is 5.65 Å². The molecule has 2 heterocycles. The summed E-state index contributed by atoms with van der Waals surface area (Å²) in [5.41, 5.74) is 4.05. The average Bonchev–Trinajstić information content (AvgIpc) is 2.81. The zero-order chi connectivity index (χ0) is 16.6. The average molecular weight is 348 g/mol. The van der Waals surface area contributed by atoms with Gasteiger partial charge in [0, 0.05) is 6.20 Å². The molecule has 4 nitrogen and oxygen atoms in total. The van der Waals surface area contributed by atoms with Gasteiger partial charge in [-0.3, -0.25) is 4.79 Å². The molecule has 0 radical (unpaired) electrons. The second-order valence-electron chi connectivity index (χ2n) is 5.35. The minimum Gasteiger partial charge on any atom is -0.323 e. The number of para-hydroxylation sites is 1. The monoisotopic (exact) mass is 347 g/mol. The van der Waals surface area contributed by atoms with E-state index in [-0.39, 0.29) is 12.3 Å². The zero-order valence-corrected chi connectivity index (χ0v) is 14.2. The molecule has 0 aliphatic rings. The number of fused-ring (bicyclic) bond motifs is 1. The van der Waals surface area contributed by atoms with E-state index >= 15 is 0 Å². The van der Waals surface area contributed by atoms with Gasteiger partial charge < -0.3 is 9.72 Å². The summed E-state index contributed by atoms with van der Waals surface area (Å²) in [6.07, 6.45) is 2.10. The third kappa shape index (κ3) is 3.05. The third-order valence-corrected chi connectivity index (χ3v) is 4.33. The summed E-state index contributed by atoms with van der Waals surface area (Å²) < 4.78 is 1.94. The van der Waals surface area contributed by atoms with Gasteiger partial charge >= 0.3 is 0 Å². The maximum Gasteiger partial charge on any atom is 0.230 e. The van der Waals surface area contributed by atoms with E-state index < -0.39 is 0 Å². The van der Waals surface area contributed by atoms with Crippen molar-refractivity contribution in [2.75, 3.05) is 5.32 Å². The largest absolute Gasteiger partial charge is 0.323 e. The van der Waals surface area contributed by atoms with Crippen LogP contribution in [0.5, 0.6) is 0 Å². The van der Waals surface area contributed by atoms with Crippen molar-refractivity contribution in [2.45, 2.75) is 20.3 Å². The lowest BCUT2D eigenvalue weighted by Gasteiger charge is -2.09. The number of anilines is 1. The van der Waals surface area contributed by atoms with E-state index in [9.17, 15) is 4.79 Å². The Kier molecular flexibility index (Phi) is 4.28. The van der Waals surface area contributed by atoms with E-state index in [4.69, 9.17) is 23.2 Å². The fourth-order valence-corrected chi connectivity index (χ4v) is 3.02. The molecule has 0 aliphatic heterocycles. The lowest BCUT2D eigenvalue weighted by Crippen LogP contribution is -2.16. The van der Waals surface area contributed by atoms with Crippen LogP contribution in [0, 0.1) is 13.8 Å². The van der Waals surface area contributed by atoms with E-state index in [1.165, 1.54) is 0 Å². The molecular formula is C17H15Cl2N3O. The first-order valence-corrected chi connectivity index (χ1v) is 7.90. The predicted molar refractivity (Wildman–Crippen MR) is 93.5 cm³/mol. The highest BCUT2D eigenvalue weighted by atomic mass is 35.5. The number of rotatable bonds is 3. The number of hydrogen-bond acceptors (Lipinski definition) is 2. The van der Waals surface area contributed by atoms with E-state index in [0.29, 0.717) is 15.7 Å². The van der Waals surface area contributed by atoms with Gasteiger partial charge in [0.15, 0.2) is 0 Å². The third-order valence-electron chi connectivity index (χ3n) is 3.70. The van der Waals surface area contributed by atoms with Crippen LogP contribution in [0.4, 0.5) is 5.69 Å². The molecule has 1 aromatic carbocycles. The molecule has 6 heteroatoms. The number of carbonyl (C=O) groups is 1. The highest BCUT2D eigenvalue weighted by molar-refractivity contribution is 6.39. The van der Waals surface area contributed by atoms with E-state index in [2.05, 4.69) is 10.3 Å². The molecule has 2 aromatic heterocycles. The number of pyridine rings is 1. The van der Waals surface area contributed by atoms with Crippen LogP contribution in [-0.2, 0) is 11.2 Å². The van der Waals surface area contributed by atoms with Gasteiger partial charge in [-0.2, -0.15) is 0 Å². The molecule has 0 fully saturated rings. The summed E-state index contributed by atoms with van der Waals surface area (Å²) in [5, 5.41) is 3.61. The molecule has 0 saturated carbocycles. The number of nitrogens with one attached hydrogen (secondary N) is 1. The van der Waals surface area contributed by atoms with Crippen molar-refractivity contribution in [1.82, 2.24) is 9.38 Å². The number of halogens is 2. The fraction of sp³-hybridized carbons (Fsp3) is 0.176. The topological polar surface area (TPSA) is 46.4 Å². The molecule has 1 N–H and O–H groups in total. The van der Waals surface area contributed by atoms with Gasteiger partial charge in [-0.25, -0.2) is 4.98 Å². The molecule has 1 amide bonds. The molecule has 0 bridgehead atoms. The normalized spacial score (nSPS) is 11.0. The minimum absolute atomic E-state index is 0.189. The van der Waals surface area contributed by atoms with Gasteiger partial charge in [-0.15, -0.1) is 0 Å². The fourth-order valence-electron chi connectivity index (χ4n) is 2.53. The van der Waals surface area contributed by atoms with Crippen molar-refractivity contribution < 1.29 is 4.79 Å².